The molecule has 2 heterocycles. The summed E-state index contributed by atoms with van der Waals surface area (Å²) in [5, 5.41) is 9.46. The SMILES string of the molecule is CNC(=O)c1cn(C2CCCCC2)cc(C(=O)NC(C)Cc2ccsc2)c1=O. The molecule has 1 saturated carbocycles. The number of thiophene rings is 1. The third kappa shape index (κ3) is 4.70. The van der Waals surface area contributed by atoms with E-state index in [9.17, 15) is 14.4 Å². The van der Waals surface area contributed by atoms with E-state index in [1.165, 1.54) is 13.5 Å². The molecular formula is C21H27N3O3S. The lowest BCUT2D eigenvalue weighted by Gasteiger charge is -2.25. The second kappa shape index (κ2) is 9.19. The van der Waals surface area contributed by atoms with E-state index in [2.05, 4.69) is 10.6 Å². The third-order valence-electron chi connectivity index (χ3n) is 5.26. The topological polar surface area (TPSA) is 80.2 Å². The van der Waals surface area contributed by atoms with Crippen molar-refractivity contribution in [2.45, 2.75) is 57.5 Å². The normalized spacial score (nSPS) is 15.8. The number of carbonyl (C=O) groups is 2. The molecule has 2 N–H and O–H groups in total. The molecule has 7 heteroatoms. The van der Waals surface area contributed by atoms with Gasteiger partial charge in [-0.1, -0.05) is 19.3 Å². The molecule has 1 fully saturated rings. The number of amides is 2. The molecule has 0 aliphatic heterocycles. The van der Waals surface area contributed by atoms with Crippen molar-refractivity contribution < 1.29 is 9.59 Å². The highest BCUT2D eigenvalue weighted by Crippen LogP contribution is 2.28. The molecule has 1 atom stereocenters. The number of rotatable bonds is 6. The number of pyridine rings is 1. The Morgan fingerprint density at radius 3 is 2.46 bits per heavy atom. The maximum atomic E-state index is 12.8. The van der Waals surface area contributed by atoms with Gasteiger partial charge < -0.3 is 15.2 Å². The van der Waals surface area contributed by atoms with E-state index < -0.39 is 17.2 Å². The average Bonchev–Trinajstić information content (AvgIpc) is 3.21. The average molecular weight is 402 g/mol. The lowest BCUT2D eigenvalue weighted by atomic mass is 9.95. The van der Waals surface area contributed by atoms with Crippen molar-refractivity contribution in [3.63, 3.8) is 0 Å². The van der Waals surface area contributed by atoms with Gasteiger partial charge in [-0.05, 0) is 48.6 Å². The molecule has 3 rings (SSSR count). The fourth-order valence-electron chi connectivity index (χ4n) is 3.76. The van der Waals surface area contributed by atoms with E-state index >= 15 is 0 Å². The Kier molecular flexibility index (Phi) is 6.67. The summed E-state index contributed by atoms with van der Waals surface area (Å²) in [4.78, 5) is 37.9. The van der Waals surface area contributed by atoms with Crippen LogP contribution >= 0.6 is 11.3 Å². The van der Waals surface area contributed by atoms with Crippen molar-refractivity contribution in [2.75, 3.05) is 7.05 Å². The van der Waals surface area contributed by atoms with Crippen molar-refractivity contribution in [1.82, 2.24) is 15.2 Å². The van der Waals surface area contributed by atoms with Crippen molar-refractivity contribution in [3.05, 3.63) is 56.1 Å². The van der Waals surface area contributed by atoms with E-state index in [0.717, 1.165) is 31.2 Å². The van der Waals surface area contributed by atoms with Crippen molar-refractivity contribution in [2.24, 2.45) is 0 Å². The Bertz CT molecular complexity index is 883. The van der Waals surface area contributed by atoms with Crippen molar-refractivity contribution in [3.8, 4) is 0 Å². The number of carbonyl (C=O) groups excluding carboxylic acids is 2. The van der Waals surface area contributed by atoms with E-state index in [0.29, 0.717) is 6.42 Å². The van der Waals surface area contributed by atoms with Gasteiger partial charge in [0.05, 0.1) is 0 Å². The summed E-state index contributed by atoms with van der Waals surface area (Å²) in [5.41, 5.74) is 0.679. The van der Waals surface area contributed by atoms with Gasteiger partial charge >= 0.3 is 0 Å². The second-order valence-corrected chi connectivity index (χ2v) is 8.22. The molecule has 2 amide bonds. The Morgan fingerprint density at radius 1 is 1.18 bits per heavy atom. The zero-order chi connectivity index (χ0) is 20.1. The second-order valence-electron chi connectivity index (χ2n) is 7.44. The standard InChI is InChI=1S/C21H27N3O3S/c1-14(10-15-8-9-28-13-15)23-21(27)18-12-24(16-6-4-3-5-7-16)11-17(19(18)25)20(26)22-2/h8-9,11-14,16H,3-7,10H2,1-2H3,(H,22,26)(H,23,27). The Hall–Kier alpha value is -2.41. The van der Waals surface area contributed by atoms with Crippen LogP contribution in [0.2, 0.25) is 0 Å². The summed E-state index contributed by atoms with van der Waals surface area (Å²) in [6.07, 6.45) is 9.34. The van der Waals surface area contributed by atoms with Crippen LogP contribution in [0.1, 0.15) is 71.3 Å². The third-order valence-corrected chi connectivity index (χ3v) is 5.99. The Labute approximate surface area is 169 Å². The molecule has 2 aromatic rings. The zero-order valence-electron chi connectivity index (χ0n) is 16.4. The number of aromatic nitrogens is 1. The minimum absolute atomic E-state index is 0.0196. The molecule has 2 aromatic heterocycles. The van der Waals surface area contributed by atoms with Gasteiger partial charge in [-0.3, -0.25) is 14.4 Å². The first-order valence-electron chi connectivity index (χ1n) is 9.79. The molecule has 1 aliphatic rings. The van der Waals surface area contributed by atoms with Crippen molar-refractivity contribution in [1.29, 1.82) is 0 Å². The molecule has 0 radical (unpaired) electrons. The largest absolute Gasteiger partial charge is 0.355 e. The molecule has 150 valence electrons. The molecule has 0 saturated heterocycles. The van der Waals surface area contributed by atoms with Gasteiger partial charge in [-0.2, -0.15) is 11.3 Å². The first-order valence-corrected chi connectivity index (χ1v) is 10.7. The summed E-state index contributed by atoms with van der Waals surface area (Å²) >= 11 is 1.61. The van der Waals surface area contributed by atoms with Crippen LogP contribution in [-0.4, -0.2) is 29.5 Å². The lowest BCUT2D eigenvalue weighted by Crippen LogP contribution is -2.39. The summed E-state index contributed by atoms with van der Waals surface area (Å²) < 4.78 is 1.89. The van der Waals surface area contributed by atoms with Gasteiger partial charge in [0.1, 0.15) is 11.1 Å². The van der Waals surface area contributed by atoms with Crippen LogP contribution in [0, 0.1) is 0 Å². The maximum absolute atomic E-state index is 12.8. The van der Waals surface area contributed by atoms with Crippen LogP contribution in [0.4, 0.5) is 0 Å². The van der Waals surface area contributed by atoms with E-state index in [4.69, 9.17) is 0 Å². The van der Waals surface area contributed by atoms with Gasteiger partial charge in [0.25, 0.3) is 11.8 Å². The van der Waals surface area contributed by atoms with Crippen LogP contribution in [0.25, 0.3) is 0 Å². The van der Waals surface area contributed by atoms with Crippen LogP contribution in [-0.2, 0) is 6.42 Å². The van der Waals surface area contributed by atoms with E-state index in [-0.39, 0.29) is 23.2 Å². The van der Waals surface area contributed by atoms with Gasteiger partial charge in [-0.25, -0.2) is 0 Å². The van der Waals surface area contributed by atoms with Gasteiger partial charge in [-0.15, -0.1) is 0 Å². The quantitative estimate of drug-likeness (QED) is 0.780. The Balaban J connectivity index is 1.87. The number of nitrogens with zero attached hydrogens (tertiary/aromatic N) is 1. The van der Waals surface area contributed by atoms with Crippen LogP contribution < -0.4 is 16.1 Å². The molecule has 6 nitrogen and oxygen atoms in total. The van der Waals surface area contributed by atoms with E-state index in [1.54, 1.807) is 23.7 Å². The van der Waals surface area contributed by atoms with Crippen LogP contribution in [0.15, 0.2) is 34.0 Å². The molecule has 0 spiro atoms. The van der Waals surface area contributed by atoms with Gasteiger partial charge in [0.15, 0.2) is 0 Å². The summed E-state index contributed by atoms with van der Waals surface area (Å²) in [5.74, 6) is -0.890. The fraction of sp³-hybridized carbons (Fsp3) is 0.476. The highest BCUT2D eigenvalue weighted by atomic mass is 32.1. The Morgan fingerprint density at radius 2 is 1.86 bits per heavy atom. The minimum Gasteiger partial charge on any atom is -0.355 e. The number of nitrogens with one attached hydrogen (secondary N) is 2. The molecule has 1 aliphatic carbocycles. The lowest BCUT2D eigenvalue weighted by molar-refractivity contribution is 0.0938. The highest BCUT2D eigenvalue weighted by Gasteiger charge is 2.23. The van der Waals surface area contributed by atoms with Gasteiger partial charge in [0.2, 0.25) is 5.43 Å². The predicted molar refractivity (Wildman–Crippen MR) is 111 cm³/mol. The number of hydrogen-bond acceptors (Lipinski definition) is 4. The minimum atomic E-state index is -0.522. The highest BCUT2D eigenvalue weighted by molar-refractivity contribution is 7.07. The molecule has 28 heavy (non-hydrogen) atoms. The van der Waals surface area contributed by atoms with E-state index in [1.807, 2.05) is 28.3 Å². The summed E-state index contributed by atoms with van der Waals surface area (Å²) in [6.45, 7) is 1.91. The fourth-order valence-corrected chi connectivity index (χ4v) is 4.44. The monoisotopic (exact) mass is 401 g/mol. The van der Waals surface area contributed by atoms with Crippen molar-refractivity contribution >= 4 is 23.2 Å². The molecule has 1 unspecified atom stereocenters. The molecule has 0 bridgehead atoms. The van der Waals surface area contributed by atoms with Crippen LogP contribution in [0.5, 0.6) is 0 Å². The first kappa shape index (κ1) is 20.3. The zero-order valence-corrected chi connectivity index (χ0v) is 17.2. The summed E-state index contributed by atoms with van der Waals surface area (Å²) in [6, 6.07) is 2.12. The smallest absolute Gasteiger partial charge is 0.256 e. The van der Waals surface area contributed by atoms with Crippen LogP contribution in [0.3, 0.4) is 0 Å². The predicted octanol–water partition coefficient (Wildman–Crippen LogP) is 3.14. The molecule has 0 aromatic carbocycles. The first-order chi connectivity index (χ1) is 13.5. The number of hydrogen-bond donors (Lipinski definition) is 2. The molecular weight excluding hydrogens is 374 g/mol. The summed E-state index contributed by atoms with van der Waals surface area (Å²) in [7, 11) is 1.49. The maximum Gasteiger partial charge on any atom is 0.256 e. The van der Waals surface area contributed by atoms with Gasteiger partial charge in [0, 0.05) is 31.5 Å².